The van der Waals surface area contributed by atoms with E-state index in [1.165, 1.54) is 45.3 Å². The third-order valence-corrected chi connectivity index (χ3v) is 4.46. The van der Waals surface area contributed by atoms with E-state index < -0.39 is 0 Å². The first-order chi connectivity index (χ1) is 8.75. The highest BCUT2D eigenvalue weighted by Gasteiger charge is 2.22. The minimum absolute atomic E-state index is 0.316. The predicted molar refractivity (Wildman–Crippen MR) is 74.8 cm³/mol. The lowest BCUT2D eigenvalue weighted by molar-refractivity contribution is -0.123. The maximum Gasteiger partial charge on any atom is 0.137 e. The molecule has 1 aliphatic carbocycles. The normalized spacial score (nSPS) is 26.8. The van der Waals surface area contributed by atoms with Gasteiger partial charge in [-0.2, -0.15) is 0 Å². The van der Waals surface area contributed by atoms with E-state index in [0.717, 1.165) is 32.4 Å². The van der Waals surface area contributed by atoms with Crippen molar-refractivity contribution >= 4 is 5.78 Å². The number of Topliss-reactive ketones (excluding diaryl/α,β-unsaturated/α-hetero) is 1. The summed E-state index contributed by atoms with van der Waals surface area (Å²) in [5.41, 5.74) is 0. The van der Waals surface area contributed by atoms with Crippen molar-refractivity contribution in [2.24, 2.45) is 5.92 Å². The van der Waals surface area contributed by atoms with Gasteiger partial charge in [0.25, 0.3) is 0 Å². The molecule has 18 heavy (non-hydrogen) atoms. The number of carbonyl (C=O) groups is 1. The van der Waals surface area contributed by atoms with Crippen LogP contribution in [0.3, 0.4) is 0 Å². The smallest absolute Gasteiger partial charge is 0.137 e. The van der Waals surface area contributed by atoms with E-state index in [2.05, 4.69) is 16.8 Å². The molecule has 1 saturated heterocycles. The number of carbonyl (C=O) groups excluding carboxylic acids is 1. The Kier molecular flexibility index (Phi) is 5.64. The van der Waals surface area contributed by atoms with E-state index in [9.17, 15) is 4.79 Å². The molecule has 0 bridgehead atoms. The van der Waals surface area contributed by atoms with Crippen molar-refractivity contribution in [1.82, 2.24) is 9.80 Å². The molecule has 0 amide bonds. The van der Waals surface area contributed by atoms with Crippen LogP contribution in [0.4, 0.5) is 0 Å². The summed E-state index contributed by atoms with van der Waals surface area (Å²) in [7, 11) is 2.17. The Balaban J connectivity index is 1.68. The average Bonchev–Trinajstić information content (AvgIpc) is 2.80. The maximum absolute atomic E-state index is 12.0. The molecular formula is C15H28N2O. The van der Waals surface area contributed by atoms with Gasteiger partial charge in [-0.05, 0) is 45.8 Å². The molecule has 1 atom stereocenters. The molecular weight excluding hydrogens is 224 g/mol. The molecule has 0 aromatic heterocycles. The molecule has 2 fully saturated rings. The van der Waals surface area contributed by atoms with E-state index in [1.807, 2.05) is 0 Å². The van der Waals surface area contributed by atoms with Gasteiger partial charge in [0, 0.05) is 32.0 Å². The fourth-order valence-electron chi connectivity index (χ4n) is 3.21. The second-order valence-corrected chi connectivity index (χ2v) is 6.07. The molecule has 3 heteroatoms. The number of hydrogen-bond acceptors (Lipinski definition) is 3. The van der Waals surface area contributed by atoms with Crippen molar-refractivity contribution < 1.29 is 4.79 Å². The summed E-state index contributed by atoms with van der Waals surface area (Å²) in [6, 6.07) is 0. The van der Waals surface area contributed by atoms with Gasteiger partial charge in [-0.1, -0.05) is 12.8 Å². The van der Waals surface area contributed by atoms with Gasteiger partial charge < -0.3 is 9.80 Å². The van der Waals surface area contributed by atoms with Gasteiger partial charge in [-0.25, -0.2) is 0 Å². The second-order valence-electron chi connectivity index (χ2n) is 6.07. The molecule has 0 spiro atoms. The Bertz CT molecular complexity index is 261. The quantitative estimate of drug-likeness (QED) is 0.701. The molecule has 1 saturated carbocycles. The monoisotopic (exact) mass is 252 g/mol. The third-order valence-electron chi connectivity index (χ3n) is 4.46. The SMILES string of the molecule is CN(CCN1CCCC1)CC1CCCCCC1=O. The number of nitrogens with zero attached hydrogens (tertiary/aromatic N) is 2. The first-order valence-corrected chi connectivity index (χ1v) is 7.69. The van der Waals surface area contributed by atoms with Gasteiger partial charge in [0.05, 0.1) is 0 Å². The van der Waals surface area contributed by atoms with Crippen LogP contribution in [-0.2, 0) is 4.79 Å². The van der Waals surface area contributed by atoms with Crippen molar-refractivity contribution in [3.63, 3.8) is 0 Å². The lowest BCUT2D eigenvalue weighted by atomic mass is 9.98. The van der Waals surface area contributed by atoms with Gasteiger partial charge in [0.2, 0.25) is 0 Å². The highest BCUT2D eigenvalue weighted by Crippen LogP contribution is 2.20. The summed E-state index contributed by atoms with van der Waals surface area (Å²) in [4.78, 5) is 16.9. The number of ketones is 1. The van der Waals surface area contributed by atoms with Crippen molar-refractivity contribution in [1.29, 1.82) is 0 Å². The Labute approximate surface area is 112 Å². The molecule has 104 valence electrons. The molecule has 2 aliphatic rings. The zero-order valence-corrected chi connectivity index (χ0v) is 11.9. The number of hydrogen-bond donors (Lipinski definition) is 0. The van der Waals surface area contributed by atoms with Crippen LogP contribution in [-0.4, -0.2) is 55.4 Å². The summed E-state index contributed by atoms with van der Waals surface area (Å²) in [6.07, 6.45) is 8.29. The fraction of sp³-hybridized carbons (Fsp3) is 0.933. The summed E-state index contributed by atoms with van der Waals surface area (Å²) < 4.78 is 0. The molecule has 1 aliphatic heterocycles. The first-order valence-electron chi connectivity index (χ1n) is 7.69. The maximum atomic E-state index is 12.0. The average molecular weight is 252 g/mol. The molecule has 1 unspecified atom stereocenters. The fourth-order valence-corrected chi connectivity index (χ4v) is 3.21. The molecule has 1 heterocycles. The Morgan fingerprint density at radius 3 is 2.72 bits per heavy atom. The standard InChI is InChI=1S/C15H28N2O/c1-16(11-12-17-9-5-6-10-17)13-14-7-3-2-4-8-15(14)18/h14H,2-13H2,1H3. The minimum atomic E-state index is 0.316. The minimum Gasteiger partial charge on any atom is -0.304 e. The van der Waals surface area contributed by atoms with E-state index in [1.54, 1.807) is 0 Å². The topological polar surface area (TPSA) is 23.6 Å². The van der Waals surface area contributed by atoms with Crippen molar-refractivity contribution in [2.45, 2.75) is 44.9 Å². The number of likely N-dealkylation sites (tertiary alicyclic amines) is 1. The van der Waals surface area contributed by atoms with Crippen molar-refractivity contribution in [3.05, 3.63) is 0 Å². The third kappa shape index (κ3) is 4.36. The van der Waals surface area contributed by atoms with E-state index in [0.29, 0.717) is 11.7 Å². The van der Waals surface area contributed by atoms with Gasteiger partial charge in [0.1, 0.15) is 5.78 Å². The van der Waals surface area contributed by atoms with Gasteiger partial charge >= 0.3 is 0 Å². The Morgan fingerprint density at radius 2 is 1.94 bits per heavy atom. The van der Waals surface area contributed by atoms with E-state index >= 15 is 0 Å². The van der Waals surface area contributed by atoms with Crippen LogP contribution in [0.25, 0.3) is 0 Å². The molecule has 0 aromatic rings. The van der Waals surface area contributed by atoms with Crippen LogP contribution >= 0.6 is 0 Å². The highest BCUT2D eigenvalue weighted by atomic mass is 16.1. The molecule has 0 N–H and O–H groups in total. The first kappa shape index (κ1) is 14.0. The summed E-state index contributed by atoms with van der Waals surface area (Å²) >= 11 is 0. The van der Waals surface area contributed by atoms with Crippen LogP contribution in [0, 0.1) is 5.92 Å². The second kappa shape index (κ2) is 7.25. The zero-order chi connectivity index (χ0) is 12.8. The largest absolute Gasteiger partial charge is 0.304 e. The molecule has 0 aromatic carbocycles. The summed E-state index contributed by atoms with van der Waals surface area (Å²) in [5.74, 6) is 0.830. The van der Waals surface area contributed by atoms with Gasteiger partial charge in [-0.3, -0.25) is 4.79 Å². The van der Waals surface area contributed by atoms with Gasteiger partial charge in [0.15, 0.2) is 0 Å². The van der Waals surface area contributed by atoms with E-state index in [-0.39, 0.29) is 0 Å². The molecule has 3 nitrogen and oxygen atoms in total. The lowest BCUT2D eigenvalue weighted by Gasteiger charge is -2.24. The van der Waals surface area contributed by atoms with Crippen LogP contribution in [0.5, 0.6) is 0 Å². The van der Waals surface area contributed by atoms with Crippen molar-refractivity contribution in [3.8, 4) is 0 Å². The van der Waals surface area contributed by atoms with Gasteiger partial charge in [-0.15, -0.1) is 0 Å². The summed E-state index contributed by atoms with van der Waals surface area (Å²) in [6.45, 7) is 5.82. The molecule has 2 rings (SSSR count). The van der Waals surface area contributed by atoms with Crippen LogP contribution in [0.2, 0.25) is 0 Å². The Hall–Kier alpha value is -0.410. The lowest BCUT2D eigenvalue weighted by Crippen LogP contribution is -2.36. The number of likely N-dealkylation sites (N-methyl/N-ethyl adjacent to an activating group) is 1. The van der Waals surface area contributed by atoms with Crippen molar-refractivity contribution in [2.75, 3.05) is 39.8 Å². The van der Waals surface area contributed by atoms with Crippen LogP contribution in [0.1, 0.15) is 44.9 Å². The van der Waals surface area contributed by atoms with E-state index in [4.69, 9.17) is 0 Å². The Morgan fingerprint density at radius 1 is 1.17 bits per heavy atom. The summed E-state index contributed by atoms with van der Waals surface area (Å²) in [5, 5.41) is 0. The molecule has 0 radical (unpaired) electrons. The number of rotatable bonds is 5. The van der Waals surface area contributed by atoms with Crippen LogP contribution < -0.4 is 0 Å². The zero-order valence-electron chi connectivity index (χ0n) is 11.9. The highest BCUT2D eigenvalue weighted by molar-refractivity contribution is 5.81. The van der Waals surface area contributed by atoms with Crippen LogP contribution in [0.15, 0.2) is 0 Å². The predicted octanol–water partition coefficient (Wildman–Crippen LogP) is 2.16.